The molecule has 4 aromatic rings. The number of carbonyl (C=O) groups is 1. The van der Waals surface area contributed by atoms with Crippen molar-refractivity contribution >= 4 is 45.6 Å². The highest BCUT2D eigenvalue weighted by Crippen LogP contribution is 2.33. The van der Waals surface area contributed by atoms with Crippen LogP contribution in [0, 0.1) is 18.2 Å². The van der Waals surface area contributed by atoms with Crippen LogP contribution in [0.5, 0.6) is 11.5 Å². The quantitative estimate of drug-likeness (QED) is 0.294. The Bertz CT molecular complexity index is 1660. The summed E-state index contributed by atoms with van der Waals surface area (Å²) in [6, 6.07) is 5.96. The topological polar surface area (TPSA) is 133 Å². The van der Waals surface area contributed by atoms with Crippen LogP contribution < -0.4 is 15.5 Å². The maximum atomic E-state index is 15.4. The Hall–Kier alpha value is -4.45. The van der Waals surface area contributed by atoms with Gasteiger partial charge in [0.25, 0.3) is 11.5 Å². The van der Waals surface area contributed by atoms with Crippen molar-refractivity contribution in [3.8, 4) is 11.5 Å². The molecule has 1 aromatic carbocycles. The predicted molar refractivity (Wildman–Crippen MR) is 141 cm³/mol. The lowest BCUT2D eigenvalue weighted by molar-refractivity contribution is -0.135. The number of rotatable bonds is 6. The van der Waals surface area contributed by atoms with Crippen molar-refractivity contribution in [1.29, 1.82) is 5.41 Å². The summed E-state index contributed by atoms with van der Waals surface area (Å²) >= 11 is 5.34. The van der Waals surface area contributed by atoms with Crippen molar-refractivity contribution in [3.63, 3.8) is 0 Å². The second kappa shape index (κ2) is 10.7. The SMILES string of the molecule is Cc1c(Oc2cc[nH]c(=N)c2)ccc(Nc2ncnc3cnc(C4=CCN(C(=O)C(F)Cl)[C@@H](C)C4)nc23)c1F. The zero-order chi connectivity index (χ0) is 27.7. The van der Waals surface area contributed by atoms with E-state index < -0.39 is 17.4 Å². The second-order valence-corrected chi connectivity index (χ2v) is 9.32. The van der Waals surface area contributed by atoms with Gasteiger partial charge in [0.1, 0.15) is 34.3 Å². The molecule has 0 radical (unpaired) electrons. The molecule has 3 aromatic heterocycles. The Morgan fingerprint density at radius 2 is 2.13 bits per heavy atom. The van der Waals surface area contributed by atoms with Crippen LogP contribution >= 0.6 is 11.6 Å². The number of fused-ring (bicyclic) bond motifs is 1. The average Bonchev–Trinajstić information content (AvgIpc) is 2.92. The molecule has 10 nitrogen and oxygen atoms in total. The second-order valence-electron chi connectivity index (χ2n) is 8.94. The summed E-state index contributed by atoms with van der Waals surface area (Å²) in [4.78, 5) is 33.6. The third kappa shape index (κ3) is 5.41. The van der Waals surface area contributed by atoms with E-state index in [4.69, 9.17) is 21.7 Å². The van der Waals surface area contributed by atoms with Gasteiger partial charge < -0.3 is 19.9 Å². The van der Waals surface area contributed by atoms with E-state index in [-0.39, 0.29) is 35.1 Å². The minimum absolute atomic E-state index is 0.157. The first-order chi connectivity index (χ1) is 18.7. The number of anilines is 2. The number of pyridine rings is 1. The average molecular weight is 553 g/mol. The van der Waals surface area contributed by atoms with Gasteiger partial charge in [0.05, 0.1) is 11.9 Å². The molecular formula is C26H23ClF2N8O2. The molecule has 13 heteroatoms. The molecule has 2 atom stereocenters. The van der Waals surface area contributed by atoms with E-state index in [9.17, 15) is 9.18 Å². The Labute approximate surface area is 226 Å². The summed E-state index contributed by atoms with van der Waals surface area (Å²) in [7, 11) is 0. The van der Waals surface area contributed by atoms with Crippen LogP contribution in [0.4, 0.5) is 20.3 Å². The Kier molecular flexibility index (Phi) is 7.20. The molecule has 0 saturated carbocycles. The minimum Gasteiger partial charge on any atom is -0.457 e. The molecule has 0 bridgehead atoms. The summed E-state index contributed by atoms with van der Waals surface area (Å²) in [6.45, 7) is 3.55. The van der Waals surface area contributed by atoms with Crippen molar-refractivity contribution < 1.29 is 18.3 Å². The number of nitrogens with one attached hydrogen (secondary N) is 3. The van der Waals surface area contributed by atoms with Gasteiger partial charge in [0.15, 0.2) is 17.5 Å². The van der Waals surface area contributed by atoms with Gasteiger partial charge in [-0.3, -0.25) is 10.2 Å². The van der Waals surface area contributed by atoms with Gasteiger partial charge in [-0.05, 0) is 44.0 Å². The first-order valence-corrected chi connectivity index (χ1v) is 12.4. The molecule has 4 heterocycles. The van der Waals surface area contributed by atoms with E-state index in [1.54, 1.807) is 44.4 Å². The molecule has 1 amide bonds. The number of ether oxygens (including phenoxy) is 1. The van der Waals surface area contributed by atoms with Crippen molar-refractivity contribution in [3.05, 3.63) is 71.8 Å². The highest BCUT2D eigenvalue weighted by Gasteiger charge is 2.29. The molecule has 0 aliphatic carbocycles. The third-order valence-corrected chi connectivity index (χ3v) is 6.49. The Morgan fingerprint density at radius 1 is 1.31 bits per heavy atom. The van der Waals surface area contributed by atoms with Crippen LogP contribution in [0.1, 0.15) is 24.7 Å². The van der Waals surface area contributed by atoms with Crippen molar-refractivity contribution in [2.75, 3.05) is 11.9 Å². The first-order valence-electron chi connectivity index (χ1n) is 11.9. The van der Waals surface area contributed by atoms with Gasteiger partial charge >= 0.3 is 0 Å². The van der Waals surface area contributed by atoms with E-state index >= 15 is 4.39 Å². The van der Waals surface area contributed by atoms with Crippen LogP contribution in [0.15, 0.2) is 49.1 Å². The fourth-order valence-corrected chi connectivity index (χ4v) is 4.38. The van der Waals surface area contributed by atoms with Crippen molar-refractivity contribution in [1.82, 2.24) is 29.8 Å². The minimum atomic E-state index is -2.09. The number of amides is 1. The number of halogens is 3. The van der Waals surface area contributed by atoms with Crippen molar-refractivity contribution in [2.45, 2.75) is 31.9 Å². The molecule has 39 heavy (non-hydrogen) atoms. The molecule has 0 saturated heterocycles. The van der Waals surface area contributed by atoms with Crippen LogP contribution in [0.3, 0.4) is 0 Å². The van der Waals surface area contributed by atoms with Crippen molar-refractivity contribution in [2.24, 2.45) is 0 Å². The lowest BCUT2D eigenvalue weighted by Gasteiger charge is -2.32. The molecule has 1 aliphatic heterocycles. The van der Waals surface area contributed by atoms with Gasteiger partial charge in [0.2, 0.25) is 0 Å². The molecule has 0 spiro atoms. The van der Waals surface area contributed by atoms with Gasteiger partial charge in [-0.25, -0.2) is 28.7 Å². The maximum absolute atomic E-state index is 15.4. The normalized spacial score (nSPS) is 16.1. The third-order valence-electron chi connectivity index (χ3n) is 6.31. The lowest BCUT2D eigenvalue weighted by Crippen LogP contribution is -2.44. The highest BCUT2D eigenvalue weighted by atomic mass is 35.5. The number of H-pyrrole nitrogens is 1. The van der Waals surface area contributed by atoms with E-state index in [2.05, 4.69) is 30.2 Å². The molecule has 200 valence electrons. The zero-order valence-corrected chi connectivity index (χ0v) is 21.6. The van der Waals surface area contributed by atoms with Crippen LogP contribution in [-0.4, -0.2) is 53.9 Å². The molecule has 1 unspecified atom stereocenters. The summed E-state index contributed by atoms with van der Waals surface area (Å²) in [5, 5.41) is 10.7. The summed E-state index contributed by atoms with van der Waals surface area (Å²) in [6.07, 6.45) is 6.58. The maximum Gasteiger partial charge on any atom is 0.273 e. The number of hydrogen-bond acceptors (Lipinski definition) is 8. The molecule has 5 rings (SSSR count). The number of carbonyl (C=O) groups excluding carboxylic acids is 1. The van der Waals surface area contributed by atoms with E-state index in [0.717, 1.165) is 5.57 Å². The number of hydrogen-bond donors (Lipinski definition) is 3. The Morgan fingerprint density at radius 3 is 2.87 bits per heavy atom. The number of nitrogens with zero attached hydrogens (tertiary/aromatic N) is 5. The number of alkyl halides is 2. The van der Waals surface area contributed by atoms with Crippen LogP contribution in [0.25, 0.3) is 16.6 Å². The van der Waals surface area contributed by atoms with E-state index in [0.29, 0.717) is 34.8 Å². The molecular weight excluding hydrogens is 530 g/mol. The summed E-state index contributed by atoms with van der Waals surface area (Å²) < 4.78 is 34.4. The predicted octanol–water partition coefficient (Wildman–Crippen LogP) is 4.75. The molecule has 1 aliphatic rings. The molecule has 0 fully saturated rings. The smallest absolute Gasteiger partial charge is 0.273 e. The van der Waals surface area contributed by atoms with E-state index in [1.807, 2.05) is 0 Å². The largest absolute Gasteiger partial charge is 0.457 e. The number of aromatic amines is 1. The standard InChI is InChI=1S/C26H23ClF2N8O2/c1-13-9-15(6-8-37(13)26(38)23(27)29)24-32-11-18-22(36-24)25(34-12-33-18)35-17-3-4-19(14(2)21(17)28)39-16-5-7-31-20(30)10-16/h3-7,10-13,23H,8-9H2,1-2H3,(H2,30,31)(H,33,34,35)/t13-,23?/m0/s1. The van der Waals surface area contributed by atoms with E-state index in [1.165, 1.54) is 23.4 Å². The number of aromatic nitrogens is 5. The fourth-order valence-electron chi connectivity index (χ4n) is 4.25. The van der Waals surface area contributed by atoms with Gasteiger partial charge in [0, 0.05) is 30.4 Å². The first kappa shape index (κ1) is 26.2. The summed E-state index contributed by atoms with van der Waals surface area (Å²) in [5.74, 6) is 0.0592. The summed E-state index contributed by atoms with van der Waals surface area (Å²) in [5.41, 5.74) is 0.0805. The van der Waals surface area contributed by atoms with Gasteiger partial charge in [-0.15, -0.1) is 0 Å². The lowest BCUT2D eigenvalue weighted by atomic mass is 10.0. The monoisotopic (exact) mass is 552 g/mol. The van der Waals surface area contributed by atoms with Gasteiger partial charge in [-0.2, -0.15) is 0 Å². The molecule has 3 N–H and O–H groups in total. The Balaban J connectivity index is 1.42. The zero-order valence-electron chi connectivity index (χ0n) is 20.9. The highest BCUT2D eigenvalue weighted by molar-refractivity contribution is 6.29. The van der Waals surface area contributed by atoms with Crippen LogP contribution in [0.2, 0.25) is 0 Å². The number of benzene rings is 1. The van der Waals surface area contributed by atoms with Gasteiger partial charge in [-0.1, -0.05) is 17.7 Å². The fraction of sp³-hybridized carbons (Fsp3) is 0.231. The van der Waals surface area contributed by atoms with Crippen LogP contribution in [-0.2, 0) is 4.79 Å².